The standard InChI is InChI=1S/C13H19N3O3/c1-8-5-10(11(16(18)19)6-9(8)2)15-12(17)13(3,4)7-14/h5-6H,7,14H2,1-4H3,(H,15,17). The Bertz CT molecular complexity index is 524. The van der Waals surface area contributed by atoms with Crippen molar-refractivity contribution >= 4 is 17.3 Å². The van der Waals surface area contributed by atoms with Crippen molar-refractivity contribution in [1.82, 2.24) is 0 Å². The zero-order valence-electron chi connectivity index (χ0n) is 11.6. The topological polar surface area (TPSA) is 98.3 Å². The number of rotatable bonds is 4. The Balaban J connectivity index is 3.17. The number of nitro groups is 1. The molecule has 104 valence electrons. The lowest BCUT2D eigenvalue weighted by atomic mass is 9.92. The van der Waals surface area contributed by atoms with Crippen LogP contribution in [0.15, 0.2) is 12.1 Å². The normalized spacial score (nSPS) is 11.2. The molecule has 0 aromatic heterocycles. The minimum absolute atomic E-state index is 0.107. The average molecular weight is 265 g/mol. The molecule has 0 aliphatic rings. The quantitative estimate of drug-likeness (QED) is 0.643. The van der Waals surface area contributed by atoms with Gasteiger partial charge < -0.3 is 11.1 Å². The molecule has 1 aromatic carbocycles. The maximum Gasteiger partial charge on any atom is 0.293 e. The highest BCUT2D eigenvalue weighted by Crippen LogP contribution is 2.29. The van der Waals surface area contributed by atoms with Crippen molar-refractivity contribution in [2.24, 2.45) is 11.1 Å². The fourth-order valence-electron chi connectivity index (χ4n) is 1.44. The number of amides is 1. The molecule has 0 fully saturated rings. The number of carbonyl (C=O) groups is 1. The molecule has 1 rings (SSSR count). The van der Waals surface area contributed by atoms with Gasteiger partial charge in [0.15, 0.2) is 0 Å². The van der Waals surface area contributed by atoms with Crippen LogP contribution in [0.4, 0.5) is 11.4 Å². The SMILES string of the molecule is Cc1cc(NC(=O)C(C)(C)CN)c([N+](=O)[O-])cc1C. The molecule has 0 saturated heterocycles. The van der Waals surface area contributed by atoms with E-state index >= 15 is 0 Å². The van der Waals surface area contributed by atoms with Crippen LogP contribution in [0.3, 0.4) is 0 Å². The first-order chi connectivity index (χ1) is 8.69. The highest BCUT2D eigenvalue weighted by atomic mass is 16.6. The molecule has 6 nitrogen and oxygen atoms in total. The van der Waals surface area contributed by atoms with Crippen molar-refractivity contribution in [1.29, 1.82) is 0 Å². The van der Waals surface area contributed by atoms with Crippen LogP contribution in [0, 0.1) is 29.4 Å². The largest absolute Gasteiger partial charge is 0.329 e. The van der Waals surface area contributed by atoms with Gasteiger partial charge in [0, 0.05) is 12.6 Å². The fraction of sp³-hybridized carbons (Fsp3) is 0.462. The van der Waals surface area contributed by atoms with Crippen LogP contribution in [0.1, 0.15) is 25.0 Å². The Hall–Kier alpha value is -1.95. The molecule has 3 N–H and O–H groups in total. The van der Waals surface area contributed by atoms with Crippen LogP contribution in [-0.4, -0.2) is 17.4 Å². The molecule has 0 heterocycles. The monoisotopic (exact) mass is 265 g/mol. The Morgan fingerprint density at radius 2 is 1.89 bits per heavy atom. The van der Waals surface area contributed by atoms with Gasteiger partial charge in [0.05, 0.1) is 10.3 Å². The number of hydrogen-bond donors (Lipinski definition) is 2. The molecule has 0 atom stereocenters. The van der Waals surface area contributed by atoms with Crippen molar-refractivity contribution < 1.29 is 9.72 Å². The van der Waals surface area contributed by atoms with Crippen LogP contribution in [0.2, 0.25) is 0 Å². The van der Waals surface area contributed by atoms with Crippen LogP contribution in [-0.2, 0) is 4.79 Å². The second kappa shape index (κ2) is 5.36. The van der Waals surface area contributed by atoms with Gasteiger partial charge in [0.1, 0.15) is 5.69 Å². The van der Waals surface area contributed by atoms with Gasteiger partial charge in [-0.2, -0.15) is 0 Å². The van der Waals surface area contributed by atoms with Gasteiger partial charge in [0.2, 0.25) is 5.91 Å². The number of nitrogens with one attached hydrogen (secondary N) is 1. The van der Waals surface area contributed by atoms with Crippen LogP contribution in [0.25, 0.3) is 0 Å². The lowest BCUT2D eigenvalue weighted by Crippen LogP contribution is -2.37. The first-order valence-corrected chi connectivity index (χ1v) is 5.96. The van der Waals surface area contributed by atoms with Crippen molar-refractivity contribution in [3.05, 3.63) is 33.4 Å². The lowest BCUT2D eigenvalue weighted by Gasteiger charge is -2.21. The molecule has 1 amide bonds. The Kier molecular flexibility index (Phi) is 4.26. The Morgan fingerprint density at radius 1 is 1.37 bits per heavy atom. The fourth-order valence-corrected chi connectivity index (χ4v) is 1.44. The molecule has 0 aliphatic carbocycles. The summed E-state index contributed by atoms with van der Waals surface area (Å²) in [7, 11) is 0. The number of nitrogens with two attached hydrogens (primary N) is 1. The van der Waals surface area contributed by atoms with Crippen molar-refractivity contribution in [2.45, 2.75) is 27.7 Å². The molecule has 0 saturated carbocycles. The minimum Gasteiger partial charge on any atom is -0.329 e. The molecule has 0 radical (unpaired) electrons. The first-order valence-electron chi connectivity index (χ1n) is 5.96. The summed E-state index contributed by atoms with van der Waals surface area (Å²) in [5, 5.41) is 13.6. The second-order valence-corrected chi connectivity index (χ2v) is 5.25. The number of carbonyl (C=O) groups excluding carboxylic acids is 1. The minimum atomic E-state index is -0.771. The summed E-state index contributed by atoms with van der Waals surface area (Å²) in [6.45, 7) is 7.17. The van der Waals surface area contributed by atoms with E-state index in [9.17, 15) is 14.9 Å². The number of nitrogens with zero attached hydrogens (tertiary/aromatic N) is 1. The van der Waals surface area contributed by atoms with E-state index in [1.165, 1.54) is 6.07 Å². The molecular formula is C13H19N3O3. The van der Waals surface area contributed by atoms with Gasteiger partial charge in [0.25, 0.3) is 5.69 Å². The molecular weight excluding hydrogens is 246 g/mol. The molecule has 19 heavy (non-hydrogen) atoms. The molecule has 0 unspecified atom stereocenters. The second-order valence-electron chi connectivity index (χ2n) is 5.25. The summed E-state index contributed by atoms with van der Waals surface area (Å²) in [5.41, 5.74) is 6.54. The van der Waals surface area contributed by atoms with Crippen LogP contribution in [0.5, 0.6) is 0 Å². The summed E-state index contributed by atoms with van der Waals surface area (Å²) in [6.07, 6.45) is 0. The average Bonchev–Trinajstić information content (AvgIpc) is 2.32. The van der Waals surface area contributed by atoms with Gasteiger partial charge in [-0.05, 0) is 44.9 Å². The molecule has 1 aromatic rings. The summed E-state index contributed by atoms with van der Waals surface area (Å²) in [6, 6.07) is 3.07. The number of nitro benzene ring substituents is 1. The van der Waals surface area contributed by atoms with E-state index in [4.69, 9.17) is 5.73 Å². The zero-order valence-corrected chi connectivity index (χ0v) is 11.6. The number of hydrogen-bond acceptors (Lipinski definition) is 4. The molecule has 0 spiro atoms. The Labute approximate surface area is 112 Å². The lowest BCUT2D eigenvalue weighted by molar-refractivity contribution is -0.384. The summed E-state index contributed by atoms with van der Waals surface area (Å²) in [5.74, 6) is -0.332. The van der Waals surface area contributed by atoms with Crippen LogP contribution < -0.4 is 11.1 Å². The first kappa shape index (κ1) is 15.1. The van der Waals surface area contributed by atoms with E-state index in [2.05, 4.69) is 5.32 Å². The highest BCUT2D eigenvalue weighted by Gasteiger charge is 2.28. The number of aryl methyl sites for hydroxylation is 2. The predicted molar refractivity (Wildman–Crippen MR) is 74.0 cm³/mol. The van der Waals surface area contributed by atoms with E-state index in [-0.39, 0.29) is 23.8 Å². The predicted octanol–water partition coefficient (Wildman–Crippen LogP) is 2.14. The third-order valence-corrected chi connectivity index (χ3v) is 3.18. The van der Waals surface area contributed by atoms with Crippen molar-refractivity contribution in [2.75, 3.05) is 11.9 Å². The molecule has 6 heteroatoms. The third-order valence-electron chi connectivity index (χ3n) is 3.18. The number of benzene rings is 1. The number of anilines is 1. The Morgan fingerprint density at radius 3 is 2.37 bits per heavy atom. The maximum absolute atomic E-state index is 12.0. The van der Waals surface area contributed by atoms with Gasteiger partial charge in [-0.15, -0.1) is 0 Å². The van der Waals surface area contributed by atoms with Gasteiger partial charge in [-0.25, -0.2) is 0 Å². The van der Waals surface area contributed by atoms with Gasteiger partial charge >= 0.3 is 0 Å². The van der Waals surface area contributed by atoms with E-state index in [1.807, 2.05) is 6.92 Å². The summed E-state index contributed by atoms with van der Waals surface area (Å²) < 4.78 is 0. The van der Waals surface area contributed by atoms with E-state index in [0.29, 0.717) is 0 Å². The molecule has 0 bridgehead atoms. The summed E-state index contributed by atoms with van der Waals surface area (Å²) in [4.78, 5) is 22.5. The zero-order chi connectivity index (χ0) is 14.8. The van der Waals surface area contributed by atoms with Gasteiger partial charge in [-0.3, -0.25) is 14.9 Å². The van der Waals surface area contributed by atoms with Crippen molar-refractivity contribution in [3.8, 4) is 0 Å². The van der Waals surface area contributed by atoms with E-state index < -0.39 is 10.3 Å². The smallest absolute Gasteiger partial charge is 0.293 e. The molecule has 0 aliphatic heterocycles. The summed E-state index contributed by atoms with van der Waals surface area (Å²) >= 11 is 0. The van der Waals surface area contributed by atoms with E-state index in [1.54, 1.807) is 26.8 Å². The third kappa shape index (κ3) is 3.29. The van der Waals surface area contributed by atoms with Crippen LogP contribution >= 0.6 is 0 Å². The van der Waals surface area contributed by atoms with Crippen molar-refractivity contribution in [3.63, 3.8) is 0 Å². The van der Waals surface area contributed by atoms with Gasteiger partial charge in [-0.1, -0.05) is 0 Å². The maximum atomic E-state index is 12.0. The highest BCUT2D eigenvalue weighted by molar-refractivity contribution is 5.97. The van der Waals surface area contributed by atoms with E-state index in [0.717, 1.165) is 11.1 Å².